The first kappa shape index (κ1) is 9.07. The smallest absolute Gasteiger partial charge is 0.150 e. The second kappa shape index (κ2) is 3.59. The Bertz CT molecular complexity index is 308. The van der Waals surface area contributed by atoms with E-state index >= 15 is 0 Å². The first-order valence-corrected chi connectivity index (χ1v) is 3.86. The lowest BCUT2D eigenvalue weighted by atomic mass is 10.1. The first-order chi connectivity index (χ1) is 5.69. The Balaban J connectivity index is 3.28. The molecule has 0 atom stereocenters. The lowest BCUT2D eigenvalue weighted by Gasteiger charge is -2.04. The van der Waals surface area contributed by atoms with Crippen molar-refractivity contribution in [1.29, 1.82) is 0 Å². The Kier molecular flexibility index (Phi) is 2.71. The summed E-state index contributed by atoms with van der Waals surface area (Å²) in [6.07, 6.45) is 0.768. The summed E-state index contributed by atoms with van der Waals surface area (Å²) >= 11 is 5.84. The van der Waals surface area contributed by atoms with Crippen LogP contribution in [0.25, 0.3) is 0 Å². The molecule has 64 valence electrons. The molecule has 1 rings (SSSR count). The highest BCUT2D eigenvalue weighted by Gasteiger charge is 2.04. The summed E-state index contributed by atoms with van der Waals surface area (Å²) < 4.78 is 4.95. The van der Waals surface area contributed by atoms with Gasteiger partial charge in [-0.3, -0.25) is 4.79 Å². The molecule has 0 bridgehead atoms. The molecule has 0 fully saturated rings. The predicted molar refractivity (Wildman–Crippen MR) is 48.1 cm³/mol. The number of methoxy groups -OCH3 is 1. The van der Waals surface area contributed by atoms with Crippen LogP contribution in [0, 0.1) is 6.92 Å². The van der Waals surface area contributed by atoms with E-state index in [0.29, 0.717) is 16.3 Å². The Hall–Kier alpha value is -1.02. The van der Waals surface area contributed by atoms with Gasteiger partial charge in [0.15, 0.2) is 6.29 Å². The van der Waals surface area contributed by atoms with Crippen LogP contribution in [0.1, 0.15) is 15.9 Å². The number of halogens is 1. The van der Waals surface area contributed by atoms with Crippen molar-refractivity contribution < 1.29 is 9.53 Å². The van der Waals surface area contributed by atoms with E-state index in [1.807, 2.05) is 0 Å². The fraction of sp³-hybridized carbons (Fsp3) is 0.222. The van der Waals surface area contributed by atoms with Gasteiger partial charge >= 0.3 is 0 Å². The monoisotopic (exact) mass is 184 g/mol. The van der Waals surface area contributed by atoms with E-state index in [1.165, 1.54) is 7.11 Å². The maximum atomic E-state index is 10.5. The molecule has 1 aromatic rings. The van der Waals surface area contributed by atoms with Crippen molar-refractivity contribution in [2.75, 3.05) is 7.11 Å². The lowest BCUT2D eigenvalue weighted by Crippen LogP contribution is -1.90. The Labute approximate surface area is 76.1 Å². The molecule has 0 heterocycles. The summed E-state index contributed by atoms with van der Waals surface area (Å²) in [4.78, 5) is 10.5. The van der Waals surface area contributed by atoms with Gasteiger partial charge in [0.2, 0.25) is 0 Å². The van der Waals surface area contributed by atoms with Gasteiger partial charge in [0.25, 0.3) is 0 Å². The highest BCUT2D eigenvalue weighted by Crippen LogP contribution is 2.24. The van der Waals surface area contributed by atoms with Crippen LogP contribution in [-0.2, 0) is 0 Å². The predicted octanol–water partition coefficient (Wildman–Crippen LogP) is 2.47. The van der Waals surface area contributed by atoms with Gasteiger partial charge in [0, 0.05) is 10.6 Å². The van der Waals surface area contributed by atoms with Crippen LogP contribution in [-0.4, -0.2) is 13.4 Å². The fourth-order valence-electron chi connectivity index (χ4n) is 0.914. The van der Waals surface area contributed by atoms with Gasteiger partial charge in [-0.15, -0.1) is 0 Å². The Morgan fingerprint density at radius 1 is 1.50 bits per heavy atom. The minimum Gasteiger partial charge on any atom is -0.497 e. The zero-order valence-electron chi connectivity index (χ0n) is 6.93. The molecule has 0 radical (unpaired) electrons. The lowest BCUT2D eigenvalue weighted by molar-refractivity contribution is 0.112. The number of ether oxygens (including phenoxy) is 1. The van der Waals surface area contributed by atoms with Crippen LogP contribution in [0.5, 0.6) is 5.75 Å². The van der Waals surface area contributed by atoms with Crippen LogP contribution in [0.3, 0.4) is 0 Å². The Morgan fingerprint density at radius 2 is 2.17 bits per heavy atom. The van der Waals surface area contributed by atoms with Crippen molar-refractivity contribution in [2.45, 2.75) is 6.92 Å². The average molecular weight is 185 g/mol. The molecule has 0 aromatic heterocycles. The number of carbonyl (C=O) groups excluding carboxylic acids is 1. The third-order valence-corrected chi connectivity index (χ3v) is 2.11. The van der Waals surface area contributed by atoms with Crippen molar-refractivity contribution in [1.82, 2.24) is 0 Å². The van der Waals surface area contributed by atoms with Crippen LogP contribution in [0.15, 0.2) is 12.1 Å². The van der Waals surface area contributed by atoms with Crippen molar-refractivity contribution in [3.05, 3.63) is 28.3 Å². The highest BCUT2D eigenvalue weighted by atomic mass is 35.5. The van der Waals surface area contributed by atoms with Crippen molar-refractivity contribution in [3.8, 4) is 5.75 Å². The molecule has 0 saturated heterocycles. The van der Waals surface area contributed by atoms with Gasteiger partial charge in [-0.05, 0) is 24.6 Å². The van der Waals surface area contributed by atoms with Crippen molar-refractivity contribution in [2.24, 2.45) is 0 Å². The van der Waals surface area contributed by atoms with Crippen molar-refractivity contribution >= 4 is 17.9 Å². The molecular formula is C9H9ClO2. The third kappa shape index (κ3) is 1.59. The number of carbonyl (C=O) groups is 1. The van der Waals surface area contributed by atoms with Gasteiger partial charge in [0.1, 0.15) is 5.75 Å². The number of rotatable bonds is 2. The number of hydrogen-bond acceptors (Lipinski definition) is 2. The van der Waals surface area contributed by atoms with Gasteiger partial charge in [-0.2, -0.15) is 0 Å². The van der Waals surface area contributed by atoms with E-state index in [4.69, 9.17) is 16.3 Å². The molecule has 12 heavy (non-hydrogen) atoms. The molecule has 0 spiro atoms. The van der Waals surface area contributed by atoms with Crippen LogP contribution in [0.4, 0.5) is 0 Å². The molecule has 0 amide bonds. The maximum Gasteiger partial charge on any atom is 0.150 e. The Morgan fingerprint density at radius 3 is 2.67 bits per heavy atom. The molecule has 3 heteroatoms. The first-order valence-electron chi connectivity index (χ1n) is 3.48. The van der Waals surface area contributed by atoms with E-state index in [2.05, 4.69) is 0 Å². The highest BCUT2D eigenvalue weighted by molar-refractivity contribution is 6.31. The summed E-state index contributed by atoms with van der Waals surface area (Å²) in [6, 6.07) is 3.35. The molecular weight excluding hydrogens is 176 g/mol. The zero-order valence-corrected chi connectivity index (χ0v) is 7.68. The molecule has 0 unspecified atom stereocenters. The van der Waals surface area contributed by atoms with Crippen LogP contribution < -0.4 is 4.74 Å². The van der Waals surface area contributed by atoms with Gasteiger partial charge < -0.3 is 4.74 Å². The van der Waals surface area contributed by atoms with E-state index in [-0.39, 0.29) is 0 Å². The van der Waals surface area contributed by atoms with Gasteiger partial charge in [-0.25, -0.2) is 0 Å². The normalized spacial score (nSPS) is 9.58. The van der Waals surface area contributed by atoms with Gasteiger partial charge in [0.05, 0.1) is 7.11 Å². The van der Waals surface area contributed by atoms with E-state index in [9.17, 15) is 4.79 Å². The molecule has 0 saturated carbocycles. The quantitative estimate of drug-likeness (QED) is 0.660. The average Bonchev–Trinajstić information content (AvgIpc) is 2.09. The minimum atomic E-state index is 0.552. The molecule has 2 nitrogen and oxygen atoms in total. The second-order valence-corrected chi connectivity index (χ2v) is 2.85. The zero-order chi connectivity index (χ0) is 9.14. The number of hydrogen-bond donors (Lipinski definition) is 0. The molecule has 1 aromatic carbocycles. The molecule has 0 aliphatic carbocycles. The summed E-state index contributed by atoms with van der Waals surface area (Å²) in [6.45, 7) is 1.80. The molecule has 0 aliphatic heterocycles. The summed E-state index contributed by atoms with van der Waals surface area (Å²) in [5, 5.41) is 0.552. The summed E-state index contributed by atoms with van der Waals surface area (Å²) in [5.74, 6) is 0.604. The SMILES string of the molecule is COc1cc(Cl)c(C)c(C=O)c1. The topological polar surface area (TPSA) is 26.3 Å². The maximum absolute atomic E-state index is 10.5. The standard InChI is InChI=1S/C9H9ClO2/c1-6-7(5-11)3-8(12-2)4-9(6)10/h3-5H,1-2H3. The number of aldehydes is 1. The largest absolute Gasteiger partial charge is 0.497 e. The fourth-order valence-corrected chi connectivity index (χ4v) is 1.13. The second-order valence-electron chi connectivity index (χ2n) is 2.44. The van der Waals surface area contributed by atoms with Crippen LogP contribution >= 0.6 is 11.6 Å². The van der Waals surface area contributed by atoms with Gasteiger partial charge in [-0.1, -0.05) is 11.6 Å². The van der Waals surface area contributed by atoms with Crippen molar-refractivity contribution in [3.63, 3.8) is 0 Å². The van der Waals surface area contributed by atoms with E-state index in [0.717, 1.165) is 11.8 Å². The summed E-state index contributed by atoms with van der Waals surface area (Å²) in [5.41, 5.74) is 1.35. The number of benzene rings is 1. The van der Waals surface area contributed by atoms with E-state index in [1.54, 1.807) is 19.1 Å². The summed E-state index contributed by atoms with van der Waals surface area (Å²) in [7, 11) is 1.54. The van der Waals surface area contributed by atoms with E-state index < -0.39 is 0 Å². The molecule has 0 aliphatic rings. The van der Waals surface area contributed by atoms with Crippen LogP contribution in [0.2, 0.25) is 5.02 Å². The molecule has 0 N–H and O–H groups in total. The minimum absolute atomic E-state index is 0.552. The third-order valence-electron chi connectivity index (χ3n) is 1.72.